The molecule has 2 bridgehead atoms. The highest BCUT2D eigenvalue weighted by Gasteiger charge is 2.40. The van der Waals surface area contributed by atoms with Crippen LogP contribution in [0.1, 0.15) is 38.5 Å². The first-order chi connectivity index (χ1) is 8.53. The summed E-state index contributed by atoms with van der Waals surface area (Å²) in [6, 6.07) is 0. The van der Waals surface area contributed by atoms with E-state index in [1.165, 1.54) is 25.7 Å². The molecule has 0 radical (unpaired) electrons. The van der Waals surface area contributed by atoms with Crippen LogP contribution in [0.2, 0.25) is 0 Å². The molecule has 0 aromatic heterocycles. The van der Waals surface area contributed by atoms with E-state index in [1.54, 1.807) is 11.4 Å². The van der Waals surface area contributed by atoms with Gasteiger partial charge in [0.2, 0.25) is 10.0 Å². The Morgan fingerprint density at radius 3 is 2.56 bits per heavy atom. The molecular formula is C13H24ClNO2S. The molecule has 0 saturated heterocycles. The Balaban J connectivity index is 1.81. The smallest absolute Gasteiger partial charge is 0.212 e. The van der Waals surface area contributed by atoms with Crippen molar-refractivity contribution in [1.82, 2.24) is 4.31 Å². The van der Waals surface area contributed by atoms with E-state index in [0.717, 1.165) is 24.8 Å². The summed E-state index contributed by atoms with van der Waals surface area (Å²) in [6.07, 6.45) is 6.72. The van der Waals surface area contributed by atoms with Gasteiger partial charge in [0.25, 0.3) is 0 Å². The standard InChI is InChI=1S/C13H24ClNO2S/c1-15(18(16,17)7-3-2-6-14)10-13-9-11-4-5-12(13)8-11/h11-13H,2-10H2,1H3. The number of unbranched alkanes of at least 4 members (excludes halogenated alkanes) is 1. The average molecular weight is 294 g/mol. The van der Waals surface area contributed by atoms with Crippen LogP contribution < -0.4 is 0 Å². The molecule has 0 aromatic carbocycles. The van der Waals surface area contributed by atoms with Crippen LogP contribution in [0.15, 0.2) is 0 Å². The van der Waals surface area contributed by atoms with Crippen LogP contribution in [0.5, 0.6) is 0 Å². The topological polar surface area (TPSA) is 37.4 Å². The molecule has 0 N–H and O–H groups in total. The lowest BCUT2D eigenvalue weighted by molar-refractivity contribution is 0.280. The third-order valence-corrected chi connectivity index (χ3v) is 6.81. The van der Waals surface area contributed by atoms with Gasteiger partial charge in [-0.2, -0.15) is 0 Å². The van der Waals surface area contributed by atoms with Crippen molar-refractivity contribution in [2.24, 2.45) is 17.8 Å². The molecule has 0 amide bonds. The Morgan fingerprint density at radius 1 is 1.22 bits per heavy atom. The van der Waals surface area contributed by atoms with Crippen LogP contribution >= 0.6 is 11.6 Å². The third-order valence-electron chi connectivity index (χ3n) is 4.64. The second-order valence-corrected chi connectivity index (χ2v) is 8.50. The summed E-state index contributed by atoms with van der Waals surface area (Å²) in [4.78, 5) is 0. The molecule has 0 aliphatic heterocycles. The minimum atomic E-state index is -3.06. The van der Waals surface area contributed by atoms with Gasteiger partial charge in [0.05, 0.1) is 5.75 Å². The summed E-state index contributed by atoms with van der Waals surface area (Å²) in [5.41, 5.74) is 0. The first kappa shape index (κ1) is 14.6. The van der Waals surface area contributed by atoms with Gasteiger partial charge in [-0.25, -0.2) is 12.7 Å². The molecule has 3 unspecified atom stereocenters. The lowest BCUT2D eigenvalue weighted by Gasteiger charge is -2.26. The summed E-state index contributed by atoms with van der Waals surface area (Å²) in [5.74, 6) is 3.07. The number of halogens is 1. The predicted molar refractivity (Wildman–Crippen MR) is 75.3 cm³/mol. The number of alkyl halides is 1. The Hall–Kier alpha value is 0.200. The van der Waals surface area contributed by atoms with E-state index in [0.29, 0.717) is 18.2 Å². The Bertz CT molecular complexity index is 371. The third kappa shape index (κ3) is 3.40. The van der Waals surface area contributed by atoms with Crippen LogP contribution in [0.3, 0.4) is 0 Å². The summed E-state index contributed by atoms with van der Waals surface area (Å²) in [5, 5.41) is 0. The second-order valence-electron chi connectivity index (χ2n) is 5.93. The van der Waals surface area contributed by atoms with Gasteiger partial charge in [-0.3, -0.25) is 0 Å². The number of rotatable bonds is 7. The van der Waals surface area contributed by atoms with Crippen LogP contribution in [-0.4, -0.2) is 37.9 Å². The number of hydrogen-bond donors (Lipinski definition) is 0. The Labute approximate surface area is 116 Å². The van der Waals surface area contributed by atoms with Gasteiger partial charge in [-0.15, -0.1) is 11.6 Å². The van der Waals surface area contributed by atoms with Gasteiger partial charge in [-0.1, -0.05) is 6.42 Å². The Morgan fingerprint density at radius 2 is 2.00 bits per heavy atom. The van der Waals surface area contributed by atoms with Gasteiger partial charge in [0.15, 0.2) is 0 Å². The molecule has 2 rings (SSSR count). The van der Waals surface area contributed by atoms with E-state index >= 15 is 0 Å². The van der Waals surface area contributed by atoms with Crippen LogP contribution in [0.4, 0.5) is 0 Å². The zero-order valence-corrected chi connectivity index (χ0v) is 12.7. The molecule has 18 heavy (non-hydrogen) atoms. The molecule has 106 valence electrons. The van der Waals surface area contributed by atoms with Gasteiger partial charge < -0.3 is 0 Å². The van der Waals surface area contributed by atoms with Crippen molar-refractivity contribution in [2.45, 2.75) is 38.5 Å². The van der Waals surface area contributed by atoms with Gasteiger partial charge in [0, 0.05) is 19.5 Å². The summed E-state index contributed by atoms with van der Waals surface area (Å²) >= 11 is 5.58. The fraction of sp³-hybridized carbons (Fsp3) is 1.00. The van der Waals surface area contributed by atoms with Crippen molar-refractivity contribution >= 4 is 21.6 Å². The SMILES string of the molecule is CN(CC1CC2CCC1C2)S(=O)(=O)CCCCCl. The van der Waals surface area contributed by atoms with E-state index in [4.69, 9.17) is 11.6 Å². The van der Waals surface area contributed by atoms with Crippen LogP contribution in [0, 0.1) is 17.8 Å². The molecule has 2 saturated carbocycles. The minimum Gasteiger partial charge on any atom is -0.212 e. The molecule has 3 nitrogen and oxygen atoms in total. The maximum absolute atomic E-state index is 12.1. The maximum atomic E-state index is 12.1. The lowest BCUT2D eigenvalue weighted by Crippen LogP contribution is -2.35. The lowest BCUT2D eigenvalue weighted by atomic mass is 9.89. The summed E-state index contributed by atoms with van der Waals surface area (Å²) in [6.45, 7) is 0.727. The number of sulfonamides is 1. The highest BCUT2D eigenvalue weighted by molar-refractivity contribution is 7.89. The van der Waals surface area contributed by atoms with Crippen molar-refractivity contribution < 1.29 is 8.42 Å². The summed E-state index contributed by atoms with van der Waals surface area (Å²) < 4.78 is 25.8. The molecule has 2 fully saturated rings. The van der Waals surface area contributed by atoms with Crippen molar-refractivity contribution in [3.63, 3.8) is 0 Å². The van der Waals surface area contributed by atoms with Crippen molar-refractivity contribution in [3.8, 4) is 0 Å². The fourth-order valence-electron chi connectivity index (χ4n) is 3.58. The van der Waals surface area contributed by atoms with E-state index in [1.807, 2.05) is 0 Å². The molecule has 0 aromatic rings. The molecular weight excluding hydrogens is 270 g/mol. The zero-order chi connectivity index (χ0) is 13.2. The highest BCUT2D eigenvalue weighted by Crippen LogP contribution is 2.48. The number of nitrogens with zero attached hydrogens (tertiary/aromatic N) is 1. The average Bonchev–Trinajstić information content (AvgIpc) is 2.91. The second kappa shape index (κ2) is 6.10. The highest BCUT2D eigenvalue weighted by atomic mass is 35.5. The van der Waals surface area contributed by atoms with E-state index in [-0.39, 0.29) is 5.75 Å². The van der Waals surface area contributed by atoms with Gasteiger partial charge in [0.1, 0.15) is 0 Å². The molecule has 2 aliphatic rings. The fourth-order valence-corrected chi connectivity index (χ4v) is 5.07. The van der Waals surface area contributed by atoms with E-state index in [9.17, 15) is 8.42 Å². The largest absolute Gasteiger partial charge is 0.213 e. The quantitative estimate of drug-likeness (QED) is 0.535. The van der Waals surface area contributed by atoms with Crippen molar-refractivity contribution in [2.75, 3.05) is 25.2 Å². The first-order valence-corrected chi connectivity index (χ1v) is 9.17. The van der Waals surface area contributed by atoms with Gasteiger partial charge >= 0.3 is 0 Å². The first-order valence-electron chi connectivity index (χ1n) is 7.03. The van der Waals surface area contributed by atoms with Crippen LogP contribution in [0.25, 0.3) is 0 Å². The molecule has 5 heteroatoms. The van der Waals surface area contributed by atoms with Crippen molar-refractivity contribution in [1.29, 1.82) is 0 Å². The monoisotopic (exact) mass is 293 g/mol. The maximum Gasteiger partial charge on any atom is 0.213 e. The normalized spacial score (nSPS) is 31.4. The predicted octanol–water partition coefficient (Wildman–Crippen LogP) is 2.70. The summed E-state index contributed by atoms with van der Waals surface area (Å²) in [7, 11) is -1.32. The molecule has 3 atom stereocenters. The number of hydrogen-bond acceptors (Lipinski definition) is 2. The zero-order valence-electron chi connectivity index (χ0n) is 11.1. The Kier molecular flexibility index (Phi) is 4.95. The molecule has 0 heterocycles. The van der Waals surface area contributed by atoms with E-state index in [2.05, 4.69) is 0 Å². The van der Waals surface area contributed by atoms with E-state index < -0.39 is 10.0 Å². The molecule has 0 spiro atoms. The minimum absolute atomic E-state index is 0.247. The van der Waals surface area contributed by atoms with Crippen molar-refractivity contribution in [3.05, 3.63) is 0 Å². The molecule has 2 aliphatic carbocycles. The van der Waals surface area contributed by atoms with Gasteiger partial charge in [-0.05, 0) is 49.9 Å². The van der Waals surface area contributed by atoms with Crippen LogP contribution in [-0.2, 0) is 10.0 Å². The number of fused-ring (bicyclic) bond motifs is 2.